The van der Waals surface area contributed by atoms with Gasteiger partial charge in [-0.3, -0.25) is 9.59 Å². The van der Waals surface area contributed by atoms with Crippen LogP contribution in [-0.2, 0) is 11.2 Å². The van der Waals surface area contributed by atoms with Gasteiger partial charge in [-0.2, -0.15) is 0 Å². The second-order valence-electron chi connectivity index (χ2n) is 5.39. The Morgan fingerprint density at radius 3 is 2.39 bits per heavy atom. The Balaban J connectivity index is 2.96. The van der Waals surface area contributed by atoms with Crippen molar-refractivity contribution in [2.24, 2.45) is 5.41 Å². The summed E-state index contributed by atoms with van der Waals surface area (Å²) >= 11 is 0. The molecule has 0 saturated heterocycles. The molecule has 1 rings (SSSR count). The van der Waals surface area contributed by atoms with Crippen molar-refractivity contribution in [2.45, 2.75) is 40.3 Å². The molecule has 0 bridgehead atoms. The van der Waals surface area contributed by atoms with Crippen LogP contribution < -0.4 is 0 Å². The van der Waals surface area contributed by atoms with E-state index in [4.69, 9.17) is 0 Å². The fourth-order valence-corrected chi connectivity index (χ4v) is 1.59. The number of benzene rings is 1. The van der Waals surface area contributed by atoms with Crippen molar-refractivity contribution in [2.75, 3.05) is 0 Å². The lowest BCUT2D eigenvalue weighted by atomic mass is 9.85. The molecular weight excluding hydrogens is 231 g/mol. The van der Waals surface area contributed by atoms with E-state index in [9.17, 15) is 14.0 Å². The lowest BCUT2D eigenvalue weighted by Crippen LogP contribution is -2.35. The third kappa shape index (κ3) is 3.25. The van der Waals surface area contributed by atoms with Gasteiger partial charge in [0.25, 0.3) is 0 Å². The first-order valence-electron chi connectivity index (χ1n) is 6.09. The Morgan fingerprint density at radius 2 is 1.89 bits per heavy atom. The van der Waals surface area contributed by atoms with Gasteiger partial charge in [-0.15, -0.1) is 0 Å². The van der Waals surface area contributed by atoms with E-state index in [1.807, 2.05) is 13.0 Å². The highest BCUT2D eigenvalue weighted by Gasteiger charge is 2.35. The summed E-state index contributed by atoms with van der Waals surface area (Å²) in [4.78, 5) is 23.6. The predicted molar refractivity (Wildman–Crippen MR) is 69.5 cm³/mol. The minimum atomic E-state index is -2.07. The number of carbonyl (C=O) groups excluding carboxylic acids is 2. The molecule has 1 aromatic carbocycles. The first kappa shape index (κ1) is 14.6. The van der Waals surface area contributed by atoms with Crippen LogP contribution in [0.5, 0.6) is 0 Å². The van der Waals surface area contributed by atoms with Crippen LogP contribution in [0.2, 0.25) is 0 Å². The maximum Gasteiger partial charge on any atom is 0.221 e. The first-order chi connectivity index (χ1) is 8.27. The van der Waals surface area contributed by atoms with Gasteiger partial charge < -0.3 is 0 Å². The van der Waals surface area contributed by atoms with Crippen molar-refractivity contribution in [3.63, 3.8) is 0 Å². The Labute approximate surface area is 107 Å². The van der Waals surface area contributed by atoms with E-state index < -0.39 is 23.2 Å². The number of halogens is 1. The van der Waals surface area contributed by atoms with Crippen LogP contribution in [0.25, 0.3) is 0 Å². The zero-order valence-corrected chi connectivity index (χ0v) is 11.3. The highest BCUT2D eigenvalue weighted by molar-refractivity contribution is 6.14. The standard InChI is InChI=1S/C15H19FO2/c1-5-10-7-6-8-11(9-10)13(17)12(16)14(18)15(2,3)4/h6-9,12H,5H2,1-4H3. The van der Waals surface area contributed by atoms with Crippen LogP contribution in [0.3, 0.4) is 0 Å². The number of hydrogen-bond acceptors (Lipinski definition) is 2. The van der Waals surface area contributed by atoms with E-state index in [0.717, 1.165) is 12.0 Å². The lowest BCUT2D eigenvalue weighted by molar-refractivity contribution is -0.129. The summed E-state index contributed by atoms with van der Waals surface area (Å²) in [6.07, 6.45) is -1.30. The summed E-state index contributed by atoms with van der Waals surface area (Å²) in [7, 11) is 0. The fraction of sp³-hybridized carbons (Fsp3) is 0.467. The zero-order valence-electron chi connectivity index (χ0n) is 11.3. The van der Waals surface area contributed by atoms with Gasteiger partial charge in [-0.25, -0.2) is 4.39 Å². The van der Waals surface area contributed by atoms with Gasteiger partial charge in [-0.05, 0) is 18.1 Å². The molecule has 1 unspecified atom stereocenters. The minimum absolute atomic E-state index is 0.263. The molecule has 98 valence electrons. The van der Waals surface area contributed by atoms with Crippen molar-refractivity contribution in [1.29, 1.82) is 0 Å². The monoisotopic (exact) mass is 250 g/mol. The highest BCUT2D eigenvalue weighted by atomic mass is 19.1. The summed E-state index contributed by atoms with van der Waals surface area (Å²) in [5.41, 5.74) is 0.368. The van der Waals surface area contributed by atoms with Crippen LogP contribution >= 0.6 is 0 Å². The quantitative estimate of drug-likeness (QED) is 0.606. The van der Waals surface area contributed by atoms with Crippen molar-refractivity contribution < 1.29 is 14.0 Å². The zero-order chi connectivity index (χ0) is 13.9. The predicted octanol–water partition coefficient (Wildman–Crippen LogP) is 3.39. The SMILES string of the molecule is CCc1cccc(C(=O)C(F)C(=O)C(C)(C)C)c1. The molecule has 0 aromatic heterocycles. The molecule has 0 N–H and O–H groups in total. The second kappa shape index (κ2) is 5.42. The van der Waals surface area contributed by atoms with Crippen molar-refractivity contribution >= 4 is 11.6 Å². The summed E-state index contributed by atoms with van der Waals surface area (Å²) in [6.45, 7) is 6.78. The molecule has 18 heavy (non-hydrogen) atoms. The largest absolute Gasteiger partial charge is 0.295 e. The van der Waals surface area contributed by atoms with Gasteiger partial charge in [-0.1, -0.05) is 45.9 Å². The third-order valence-electron chi connectivity index (χ3n) is 2.82. The number of hydrogen-bond donors (Lipinski definition) is 0. The molecule has 0 amide bonds. The number of Topliss-reactive ketones (excluding diaryl/α,β-unsaturated/α-hetero) is 2. The Morgan fingerprint density at radius 1 is 1.28 bits per heavy atom. The van der Waals surface area contributed by atoms with Gasteiger partial charge in [0, 0.05) is 11.0 Å². The van der Waals surface area contributed by atoms with Crippen LogP contribution in [0.1, 0.15) is 43.6 Å². The van der Waals surface area contributed by atoms with Gasteiger partial charge in [0.05, 0.1) is 0 Å². The summed E-state index contributed by atoms with van der Waals surface area (Å²) < 4.78 is 13.9. The van der Waals surface area contributed by atoms with Crippen LogP contribution in [0.4, 0.5) is 4.39 Å². The maximum absolute atomic E-state index is 13.9. The Bertz CT molecular complexity index is 458. The van der Waals surface area contributed by atoms with Crippen LogP contribution in [0, 0.1) is 5.41 Å². The number of alkyl halides is 1. The number of ketones is 2. The van der Waals surface area contributed by atoms with E-state index in [0.29, 0.717) is 0 Å². The summed E-state index contributed by atoms with van der Waals surface area (Å²) in [5, 5.41) is 0. The highest BCUT2D eigenvalue weighted by Crippen LogP contribution is 2.21. The lowest BCUT2D eigenvalue weighted by Gasteiger charge is -2.18. The maximum atomic E-state index is 13.9. The molecule has 0 fully saturated rings. The summed E-state index contributed by atoms with van der Waals surface area (Å²) in [6, 6.07) is 6.77. The van der Waals surface area contributed by atoms with E-state index in [2.05, 4.69) is 0 Å². The Kier molecular flexibility index (Phi) is 4.38. The molecule has 3 heteroatoms. The molecule has 0 saturated carbocycles. The smallest absolute Gasteiger partial charge is 0.221 e. The normalized spacial score (nSPS) is 13.2. The average molecular weight is 250 g/mol. The van der Waals surface area contributed by atoms with E-state index in [1.165, 1.54) is 0 Å². The van der Waals surface area contributed by atoms with E-state index in [1.54, 1.807) is 39.0 Å². The van der Waals surface area contributed by atoms with Gasteiger partial charge in [0.15, 0.2) is 5.78 Å². The summed E-state index contributed by atoms with van der Waals surface area (Å²) in [5.74, 6) is -1.42. The van der Waals surface area contributed by atoms with Crippen LogP contribution in [-0.4, -0.2) is 17.7 Å². The topological polar surface area (TPSA) is 34.1 Å². The van der Waals surface area contributed by atoms with Crippen molar-refractivity contribution in [3.05, 3.63) is 35.4 Å². The second-order valence-corrected chi connectivity index (χ2v) is 5.39. The first-order valence-corrected chi connectivity index (χ1v) is 6.09. The molecule has 1 atom stereocenters. The van der Waals surface area contributed by atoms with Crippen molar-refractivity contribution in [3.8, 4) is 0 Å². The number of rotatable bonds is 4. The molecule has 1 aromatic rings. The molecule has 0 radical (unpaired) electrons. The van der Waals surface area contributed by atoms with Crippen LogP contribution in [0.15, 0.2) is 24.3 Å². The molecular formula is C15H19FO2. The Hall–Kier alpha value is -1.51. The number of aryl methyl sites for hydroxylation is 1. The van der Waals surface area contributed by atoms with Gasteiger partial charge in [0.2, 0.25) is 12.0 Å². The third-order valence-corrected chi connectivity index (χ3v) is 2.82. The van der Waals surface area contributed by atoms with Crippen molar-refractivity contribution in [1.82, 2.24) is 0 Å². The minimum Gasteiger partial charge on any atom is -0.295 e. The molecule has 0 spiro atoms. The fourth-order valence-electron chi connectivity index (χ4n) is 1.59. The number of carbonyl (C=O) groups is 2. The molecule has 0 aliphatic rings. The molecule has 2 nitrogen and oxygen atoms in total. The molecule has 0 heterocycles. The average Bonchev–Trinajstić information content (AvgIpc) is 2.35. The van der Waals surface area contributed by atoms with Gasteiger partial charge in [0.1, 0.15) is 0 Å². The molecule has 0 aliphatic heterocycles. The van der Waals surface area contributed by atoms with E-state index in [-0.39, 0.29) is 5.56 Å². The van der Waals surface area contributed by atoms with Gasteiger partial charge >= 0.3 is 0 Å². The molecule has 0 aliphatic carbocycles. The van der Waals surface area contributed by atoms with E-state index >= 15 is 0 Å².